The number of rotatable bonds is 3. The first-order chi connectivity index (χ1) is 10.8. The summed E-state index contributed by atoms with van der Waals surface area (Å²) in [6.07, 6.45) is 0.582. The van der Waals surface area contributed by atoms with Crippen LogP contribution in [0, 0.1) is 11.3 Å². The van der Waals surface area contributed by atoms with E-state index in [1.165, 1.54) is 0 Å². The summed E-state index contributed by atoms with van der Waals surface area (Å²) in [4.78, 5) is 16.3. The van der Waals surface area contributed by atoms with Crippen molar-refractivity contribution in [2.75, 3.05) is 0 Å². The van der Waals surface area contributed by atoms with Gasteiger partial charge in [-0.05, 0) is 24.3 Å². The van der Waals surface area contributed by atoms with Gasteiger partial charge in [-0.3, -0.25) is 4.98 Å². The summed E-state index contributed by atoms with van der Waals surface area (Å²) in [7, 11) is 0. The molecule has 0 aliphatic rings. The van der Waals surface area contributed by atoms with Crippen molar-refractivity contribution in [1.29, 1.82) is 5.26 Å². The Kier molecular flexibility index (Phi) is 3.80. The number of nitrogens with zero attached hydrogens (tertiary/aromatic N) is 2. The van der Waals surface area contributed by atoms with Crippen molar-refractivity contribution in [2.45, 2.75) is 6.10 Å². The molecule has 3 aromatic rings. The largest absolute Gasteiger partial charge is 0.438 e. The third-order valence-electron chi connectivity index (χ3n) is 3.27. The molecule has 22 heavy (non-hydrogen) atoms. The number of nitriles is 1. The normalized spacial score (nSPS) is 11.6. The van der Waals surface area contributed by atoms with Crippen LogP contribution >= 0.6 is 0 Å². The van der Waals surface area contributed by atoms with E-state index >= 15 is 0 Å². The van der Waals surface area contributed by atoms with Crippen molar-refractivity contribution < 1.29 is 9.53 Å². The molecule has 0 aliphatic heterocycles. The Hall–Kier alpha value is -3.19. The molecule has 0 fully saturated rings. The minimum atomic E-state index is -0.982. The van der Waals surface area contributed by atoms with Crippen LogP contribution in [0.5, 0.6) is 0 Å². The van der Waals surface area contributed by atoms with Crippen molar-refractivity contribution in [3.63, 3.8) is 0 Å². The predicted octanol–water partition coefficient (Wildman–Crippen LogP) is 3.66. The Balaban J connectivity index is 1.87. The minimum Gasteiger partial charge on any atom is -0.438 e. The molecule has 0 saturated heterocycles. The van der Waals surface area contributed by atoms with Crippen molar-refractivity contribution in [3.05, 3.63) is 78.0 Å². The van der Waals surface area contributed by atoms with Gasteiger partial charge >= 0.3 is 5.97 Å². The fourth-order valence-electron chi connectivity index (χ4n) is 2.15. The molecule has 0 radical (unpaired) electrons. The molecule has 1 heterocycles. The number of ether oxygens (including phenoxy) is 1. The van der Waals surface area contributed by atoms with Crippen molar-refractivity contribution in [1.82, 2.24) is 4.98 Å². The highest BCUT2D eigenvalue weighted by atomic mass is 16.5. The summed E-state index contributed by atoms with van der Waals surface area (Å²) in [6.45, 7) is 0. The van der Waals surface area contributed by atoms with E-state index in [-0.39, 0.29) is 0 Å². The van der Waals surface area contributed by atoms with E-state index in [4.69, 9.17) is 4.74 Å². The Morgan fingerprint density at radius 3 is 2.59 bits per heavy atom. The average Bonchev–Trinajstić information content (AvgIpc) is 2.59. The summed E-state index contributed by atoms with van der Waals surface area (Å²) in [5.74, 6) is -0.527. The van der Waals surface area contributed by atoms with Gasteiger partial charge in [-0.15, -0.1) is 0 Å². The zero-order valence-corrected chi connectivity index (χ0v) is 11.6. The van der Waals surface area contributed by atoms with E-state index in [0.29, 0.717) is 11.1 Å². The van der Waals surface area contributed by atoms with Gasteiger partial charge in [0.1, 0.15) is 6.07 Å². The molecule has 0 saturated carbocycles. The zero-order valence-electron chi connectivity index (χ0n) is 11.6. The summed E-state index contributed by atoms with van der Waals surface area (Å²) in [6, 6.07) is 20.0. The van der Waals surface area contributed by atoms with E-state index in [9.17, 15) is 10.1 Å². The molecule has 0 amide bonds. The Morgan fingerprint density at radius 2 is 1.82 bits per heavy atom. The summed E-state index contributed by atoms with van der Waals surface area (Å²) in [5.41, 5.74) is 1.80. The van der Waals surface area contributed by atoms with Crippen molar-refractivity contribution in [3.8, 4) is 6.07 Å². The Morgan fingerprint density at radius 1 is 1.09 bits per heavy atom. The second kappa shape index (κ2) is 6.06. The highest BCUT2D eigenvalue weighted by Crippen LogP contribution is 2.21. The van der Waals surface area contributed by atoms with Gasteiger partial charge in [-0.1, -0.05) is 36.4 Å². The van der Waals surface area contributed by atoms with Gasteiger partial charge in [-0.2, -0.15) is 5.26 Å². The molecule has 4 nitrogen and oxygen atoms in total. The first kappa shape index (κ1) is 13.8. The SMILES string of the molecule is N#C[C@@H](OC(=O)c1ccccc1)c1cnc2ccccc2c1. The summed E-state index contributed by atoms with van der Waals surface area (Å²) in [5, 5.41) is 10.2. The number of hydrogen-bond donors (Lipinski definition) is 0. The number of carbonyl (C=O) groups is 1. The molecule has 1 aromatic heterocycles. The Labute approximate surface area is 127 Å². The van der Waals surface area contributed by atoms with Gasteiger partial charge < -0.3 is 4.74 Å². The lowest BCUT2D eigenvalue weighted by Gasteiger charge is -2.11. The molecule has 0 aliphatic carbocycles. The van der Waals surface area contributed by atoms with Gasteiger partial charge in [0.25, 0.3) is 0 Å². The number of aromatic nitrogens is 1. The maximum absolute atomic E-state index is 12.1. The quantitative estimate of drug-likeness (QED) is 0.690. The summed E-state index contributed by atoms with van der Waals surface area (Å²) >= 11 is 0. The topological polar surface area (TPSA) is 63.0 Å². The van der Waals surface area contributed by atoms with Gasteiger partial charge in [0.15, 0.2) is 0 Å². The highest BCUT2D eigenvalue weighted by Gasteiger charge is 2.18. The van der Waals surface area contributed by atoms with Crippen LogP contribution in [0.15, 0.2) is 66.9 Å². The van der Waals surface area contributed by atoms with Crippen LogP contribution in [-0.4, -0.2) is 11.0 Å². The molecule has 0 bridgehead atoms. The van der Waals surface area contributed by atoms with Crippen LogP contribution in [0.25, 0.3) is 10.9 Å². The van der Waals surface area contributed by atoms with E-state index in [2.05, 4.69) is 4.98 Å². The lowest BCUT2D eigenvalue weighted by atomic mass is 10.1. The molecule has 0 N–H and O–H groups in total. The summed E-state index contributed by atoms with van der Waals surface area (Å²) < 4.78 is 5.28. The van der Waals surface area contributed by atoms with E-state index in [1.54, 1.807) is 30.5 Å². The monoisotopic (exact) mass is 288 g/mol. The number of hydrogen-bond acceptors (Lipinski definition) is 4. The van der Waals surface area contributed by atoms with Gasteiger partial charge in [0, 0.05) is 17.1 Å². The van der Waals surface area contributed by atoms with Crippen molar-refractivity contribution in [2.24, 2.45) is 0 Å². The van der Waals surface area contributed by atoms with Crippen LogP contribution in [0.3, 0.4) is 0 Å². The molecule has 4 heteroatoms. The molecular formula is C18H12N2O2. The number of carbonyl (C=O) groups excluding carboxylic acids is 1. The number of pyridine rings is 1. The standard InChI is InChI=1S/C18H12N2O2/c19-11-17(22-18(21)13-6-2-1-3-7-13)15-10-14-8-4-5-9-16(14)20-12-15/h1-10,12,17H/t17-/m1/s1. The van der Waals surface area contributed by atoms with E-state index in [1.807, 2.05) is 42.5 Å². The van der Waals surface area contributed by atoms with Crippen LogP contribution in [-0.2, 0) is 4.74 Å². The fourth-order valence-corrected chi connectivity index (χ4v) is 2.15. The van der Waals surface area contributed by atoms with Crippen molar-refractivity contribution >= 4 is 16.9 Å². The molecule has 2 aromatic carbocycles. The maximum atomic E-state index is 12.1. The first-order valence-corrected chi connectivity index (χ1v) is 6.78. The lowest BCUT2D eigenvalue weighted by Crippen LogP contribution is -2.10. The molecular weight excluding hydrogens is 276 g/mol. The third-order valence-corrected chi connectivity index (χ3v) is 3.27. The van der Waals surface area contributed by atoms with Gasteiger partial charge in [0.05, 0.1) is 11.1 Å². The minimum absolute atomic E-state index is 0.413. The smallest absolute Gasteiger partial charge is 0.339 e. The van der Waals surface area contributed by atoms with E-state index in [0.717, 1.165) is 10.9 Å². The predicted molar refractivity (Wildman–Crippen MR) is 82.0 cm³/mol. The second-order valence-corrected chi connectivity index (χ2v) is 4.74. The Bertz CT molecular complexity index is 854. The van der Waals surface area contributed by atoms with Crippen LogP contribution in [0.1, 0.15) is 22.0 Å². The van der Waals surface area contributed by atoms with Crippen LogP contribution in [0.4, 0.5) is 0 Å². The molecule has 1 atom stereocenters. The molecule has 3 rings (SSSR count). The molecule has 106 valence electrons. The number of esters is 1. The number of benzene rings is 2. The molecule has 0 unspecified atom stereocenters. The van der Waals surface area contributed by atoms with E-state index < -0.39 is 12.1 Å². The van der Waals surface area contributed by atoms with Crippen LogP contribution < -0.4 is 0 Å². The van der Waals surface area contributed by atoms with Gasteiger partial charge in [-0.25, -0.2) is 4.79 Å². The van der Waals surface area contributed by atoms with Crippen LogP contribution in [0.2, 0.25) is 0 Å². The number of fused-ring (bicyclic) bond motifs is 1. The number of para-hydroxylation sites is 1. The molecule has 0 spiro atoms. The fraction of sp³-hybridized carbons (Fsp3) is 0.0556. The second-order valence-electron chi connectivity index (χ2n) is 4.74. The highest BCUT2D eigenvalue weighted by molar-refractivity contribution is 5.89. The maximum Gasteiger partial charge on any atom is 0.339 e. The lowest BCUT2D eigenvalue weighted by molar-refractivity contribution is 0.0404. The first-order valence-electron chi connectivity index (χ1n) is 6.78. The average molecular weight is 288 g/mol. The van der Waals surface area contributed by atoms with Gasteiger partial charge in [0.2, 0.25) is 6.10 Å². The third kappa shape index (κ3) is 2.79. The zero-order chi connectivity index (χ0) is 15.4.